The Bertz CT molecular complexity index is 1310. The second kappa shape index (κ2) is 10.9. The number of fused-ring (bicyclic) bond motifs is 1. The van der Waals surface area contributed by atoms with Crippen LogP contribution >= 0.6 is 11.3 Å². The first-order chi connectivity index (χ1) is 16.5. The topological polar surface area (TPSA) is 81.0 Å². The number of ether oxygens (including phenoxy) is 1. The number of rotatable bonds is 8. The van der Waals surface area contributed by atoms with Crippen molar-refractivity contribution in [2.75, 3.05) is 19.8 Å². The van der Waals surface area contributed by atoms with Crippen molar-refractivity contribution in [3.8, 4) is 0 Å². The van der Waals surface area contributed by atoms with Crippen molar-refractivity contribution in [2.24, 2.45) is 4.99 Å². The fourth-order valence-electron chi connectivity index (χ4n) is 4.38. The number of amides is 1. The molecule has 34 heavy (non-hydrogen) atoms. The number of thiazole rings is 1. The predicted molar refractivity (Wildman–Crippen MR) is 134 cm³/mol. The third-order valence-electron chi connectivity index (χ3n) is 6.20. The molecule has 1 atom stereocenters. The van der Waals surface area contributed by atoms with E-state index in [1.165, 1.54) is 23.5 Å². The highest BCUT2D eigenvalue weighted by Crippen LogP contribution is 2.27. The molecule has 0 bridgehead atoms. The van der Waals surface area contributed by atoms with Crippen LogP contribution in [0.25, 0.3) is 10.2 Å². The zero-order valence-electron chi connectivity index (χ0n) is 19.6. The highest BCUT2D eigenvalue weighted by atomic mass is 32.2. The summed E-state index contributed by atoms with van der Waals surface area (Å²) in [5.41, 5.74) is 1.37. The van der Waals surface area contributed by atoms with Crippen molar-refractivity contribution in [1.82, 2.24) is 8.87 Å². The van der Waals surface area contributed by atoms with E-state index < -0.39 is 15.9 Å². The molecule has 1 aliphatic rings. The Kier molecular flexibility index (Phi) is 7.98. The Labute approximate surface area is 204 Å². The van der Waals surface area contributed by atoms with Crippen molar-refractivity contribution in [3.63, 3.8) is 0 Å². The summed E-state index contributed by atoms with van der Waals surface area (Å²) in [6.07, 6.45) is 3.63. The standard InChI is InChI=1S/C25H31N3O4S2/c1-3-20-9-7-8-16-28(20)34(30,31)21-14-12-19(13-15-21)24(29)26-25-27(17-18-32-4-2)22-10-5-6-11-23(22)33-25/h5-6,10-15,20H,3-4,7-9,16-18H2,1-2H3. The van der Waals surface area contributed by atoms with Crippen LogP contribution < -0.4 is 4.80 Å². The van der Waals surface area contributed by atoms with E-state index in [1.807, 2.05) is 42.7 Å². The van der Waals surface area contributed by atoms with Gasteiger partial charge in [0.2, 0.25) is 10.0 Å². The van der Waals surface area contributed by atoms with Crippen molar-refractivity contribution in [3.05, 3.63) is 58.9 Å². The molecule has 0 saturated carbocycles. The number of aromatic nitrogens is 1. The summed E-state index contributed by atoms with van der Waals surface area (Å²) in [6, 6.07) is 14.1. The van der Waals surface area contributed by atoms with E-state index in [2.05, 4.69) is 4.99 Å². The molecular weight excluding hydrogens is 470 g/mol. The van der Waals surface area contributed by atoms with Crippen molar-refractivity contribution in [1.29, 1.82) is 0 Å². The number of benzene rings is 2. The van der Waals surface area contributed by atoms with Gasteiger partial charge in [-0.3, -0.25) is 4.79 Å². The number of hydrogen-bond donors (Lipinski definition) is 0. The van der Waals surface area contributed by atoms with E-state index in [4.69, 9.17) is 4.74 Å². The summed E-state index contributed by atoms with van der Waals surface area (Å²) in [5, 5.41) is 0. The van der Waals surface area contributed by atoms with Gasteiger partial charge in [-0.05, 0) is 62.6 Å². The van der Waals surface area contributed by atoms with E-state index in [0.717, 1.165) is 35.9 Å². The maximum atomic E-state index is 13.2. The zero-order chi connectivity index (χ0) is 24.1. The number of piperidine rings is 1. The lowest BCUT2D eigenvalue weighted by Crippen LogP contribution is -2.43. The zero-order valence-corrected chi connectivity index (χ0v) is 21.3. The normalized spacial score (nSPS) is 17.9. The van der Waals surface area contributed by atoms with Crippen LogP contribution in [-0.4, -0.2) is 49.0 Å². The third-order valence-corrected chi connectivity index (χ3v) is 9.23. The van der Waals surface area contributed by atoms with Gasteiger partial charge in [-0.15, -0.1) is 0 Å². The van der Waals surface area contributed by atoms with Gasteiger partial charge in [0.15, 0.2) is 4.80 Å². The second-order valence-corrected chi connectivity index (χ2v) is 11.2. The van der Waals surface area contributed by atoms with Gasteiger partial charge in [0.25, 0.3) is 5.91 Å². The molecule has 1 aliphatic heterocycles. The molecule has 4 rings (SSSR count). The first-order valence-corrected chi connectivity index (χ1v) is 14.1. The fourth-order valence-corrected chi connectivity index (χ4v) is 7.20. The lowest BCUT2D eigenvalue weighted by atomic mass is 10.0. The summed E-state index contributed by atoms with van der Waals surface area (Å²) < 4.78 is 36.6. The summed E-state index contributed by atoms with van der Waals surface area (Å²) in [6.45, 7) is 6.26. The van der Waals surface area contributed by atoms with Gasteiger partial charge < -0.3 is 9.30 Å². The first-order valence-electron chi connectivity index (χ1n) is 11.8. The van der Waals surface area contributed by atoms with Crippen LogP contribution in [0.1, 0.15) is 49.9 Å². The summed E-state index contributed by atoms with van der Waals surface area (Å²) in [7, 11) is -3.59. The molecule has 2 aromatic carbocycles. The smallest absolute Gasteiger partial charge is 0.279 e. The average molecular weight is 502 g/mol. The molecule has 0 radical (unpaired) electrons. The summed E-state index contributed by atoms with van der Waals surface area (Å²) in [4.78, 5) is 18.2. The molecule has 3 aromatic rings. The average Bonchev–Trinajstić information content (AvgIpc) is 3.21. The van der Waals surface area contributed by atoms with Gasteiger partial charge in [0, 0.05) is 31.3 Å². The third kappa shape index (κ3) is 5.17. The summed E-state index contributed by atoms with van der Waals surface area (Å²) >= 11 is 1.45. The minimum absolute atomic E-state index is 0.0372. The fraction of sp³-hybridized carbons (Fsp3) is 0.440. The van der Waals surface area contributed by atoms with E-state index in [0.29, 0.717) is 36.7 Å². The van der Waals surface area contributed by atoms with Gasteiger partial charge in [0.05, 0.1) is 21.7 Å². The Hall–Kier alpha value is -2.33. The van der Waals surface area contributed by atoms with Gasteiger partial charge in [-0.2, -0.15) is 9.30 Å². The first kappa shape index (κ1) is 24.8. The van der Waals surface area contributed by atoms with E-state index >= 15 is 0 Å². The molecule has 7 nitrogen and oxygen atoms in total. The molecule has 1 aromatic heterocycles. The van der Waals surface area contributed by atoms with Crippen LogP contribution in [0.4, 0.5) is 0 Å². The molecule has 182 valence electrons. The largest absolute Gasteiger partial charge is 0.380 e. The van der Waals surface area contributed by atoms with Crippen LogP contribution in [-0.2, 0) is 21.3 Å². The molecular formula is C25H31N3O4S2. The lowest BCUT2D eigenvalue weighted by molar-refractivity contribution is 0.0996. The van der Waals surface area contributed by atoms with Crippen molar-refractivity contribution in [2.45, 2.75) is 57.0 Å². The van der Waals surface area contributed by atoms with Crippen LogP contribution in [0.3, 0.4) is 0 Å². The molecule has 1 unspecified atom stereocenters. The lowest BCUT2D eigenvalue weighted by Gasteiger charge is -2.34. The predicted octanol–water partition coefficient (Wildman–Crippen LogP) is 4.43. The number of para-hydroxylation sites is 1. The monoisotopic (exact) mass is 501 g/mol. The van der Waals surface area contributed by atoms with E-state index in [1.54, 1.807) is 16.4 Å². The van der Waals surface area contributed by atoms with Crippen molar-refractivity contribution >= 4 is 37.5 Å². The van der Waals surface area contributed by atoms with Gasteiger partial charge >= 0.3 is 0 Å². The highest BCUT2D eigenvalue weighted by molar-refractivity contribution is 7.89. The van der Waals surface area contributed by atoms with Gasteiger partial charge in [0.1, 0.15) is 0 Å². The maximum absolute atomic E-state index is 13.2. The van der Waals surface area contributed by atoms with Gasteiger partial charge in [-0.25, -0.2) is 8.42 Å². The van der Waals surface area contributed by atoms with Crippen LogP contribution in [0.5, 0.6) is 0 Å². The number of sulfonamides is 1. The Morgan fingerprint density at radius 2 is 1.88 bits per heavy atom. The molecule has 0 spiro atoms. The number of carbonyl (C=O) groups is 1. The van der Waals surface area contributed by atoms with Crippen LogP contribution in [0, 0.1) is 0 Å². The molecule has 9 heteroatoms. The molecule has 1 fully saturated rings. The molecule has 0 N–H and O–H groups in total. The molecule has 2 heterocycles. The Balaban J connectivity index is 1.61. The second-order valence-electron chi connectivity index (χ2n) is 8.32. The minimum atomic E-state index is -3.59. The SMILES string of the molecule is CCOCCn1c(=NC(=O)c2ccc(S(=O)(=O)N3CCCCC3CC)cc2)sc2ccccc21. The number of hydrogen-bond acceptors (Lipinski definition) is 5. The van der Waals surface area contributed by atoms with E-state index in [9.17, 15) is 13.2 Å². The van der Waals surface area contributed by atoms with Crippen LogP contribution in [0.2, 0.25) is 0 Å². The number of nitrogens with zero attached hydrogens (tertiary/aromatic N) is 3. The highest BCUT2D eigenvalue weighted by Gasteiger charge is 2.32. The number of carbonyl (C=O) groups excluding carboxylic acids is 1. The summed E-state index contributed by atoms with van der Waals surface area (Å²) in [5.74, 6) is -0.398. The minimum Gasteiger partial charge on any atom is -0.380 e. The Morgan fingerprint density at radius 3 is 2.62 bits per heavy atom. The molecule has 1 amide bonds. The van der Waals surface area contributed by atoms with Gasteiger partial charge in [-0.1, -0.05) is 36.8 Å². The molecule has 1 saturated heterocycles. The Morgan fingerprint density at radius 1 is 1.12 bits per heavy atom. The van der Waals surface area contributed by atoms with Crippen LogP contribution in [0.15, 0.2) is 58.4 Å². The molecule has 0 aliphatic carbocycles. The quantitative estimate of drug-likeness (QED) is 0.428. The maximum Gasteiger partial charge on any atom is 0.279 e. The van der Waals surface area contributed by atoms with Crippen molar-refractivity contribution < 1.29 is 17.9 Å². The van der Waals surface area contributed by atoms with E-state index in [-0.39, 0.29) is 10.9 Å².